The van der Waals surface area contributed by atoms with Gasteiger partial charge in [0.05, 0.1) is 34.1 Å². The van der Waals surface area contributed by atoms with Crippen LogP contribution in [0.5, 0.6) is 0 Å². The van der Waals surface area contributed by atoms with Gasteiger partial charge in [0.15, 0.2) is 5.82 Å². The Morgan fingerprint density at radius 1 is 0.431 bits per heavy atom. The maximum absolute atomic E-state index is 9.63. The van der Waals surface area contributed by atoms with Crippen molar-refractivity contribution in [3.8, 4) is 67.9 Å². The highest BCUT2D eigenvalue weighted by Gasteiger charge is 2.19. The maximum Gasteiger partial charge on any atom is 0.160 e. The van der Waals surface area contributed by atoms with Crippen molar-refractivity contribution >= 4 is 43.7 Å². The molecule has 0 aliphatic rings. The quantitative estimate of drug-likeness (QED) is 0.170. The van der Waals surface area contributed by atoms with Gasteiger partial charge in [0, 0.05) is 49.5 Å². The molecule has 0 saturated carbocycles. The molecule has 11 aromatic rings. The highest BCUT2D eigenvalue weighted by atomic mass is 16.3. The zero-order chi connectivity index (χ0) is 38.6. The highest BCUT2D eigenvalue weighted by Crippen LogP contribution is 2.41. The number of hydrogen-bond acceptors (Lipinski definition) is 4. The molecule has 5 nitrogen and oxygen atoms in total. The van der Waals surface area contributed by atoms with Crippen molar-refractivity contribution in [2.75, 3.05) is 0 Å². The molecule has 0 aliphatic heterocycles. The molecule has 3 heterocycles. The number of nitriles is 1. The third-order valence-corrected chi connectivity index (χ3v) is 11.0. The first-order valence-corrected chi connectivity index (χ1v) is 19.3. The van der Waals surface area contributed by atoms with Crippen LogP contribution in [0.15, 0.2) is 199 Å². The van der Waals surface area contributed by atoms with E-state index in [1.54, 1.807) is 0 Å². The molecule has 270 valence electrons. The Morgan fingerprint density at radius 3 is 1.86 bits per heavy atom. The van der Waals surface area contributed by atoms with Gasteiger partial charge in [0.1, 0.15) is 11.2 Å². The summed E-state index contributed by atoms with van der Waals surface area (Å²) in [5.41, 5.74) is 14.2. The van der Waals surface area contributed by atoms with Crippen LogP contribution in [0.25, 0.3) is 106 Å². The summed E-state index contributed by atoms with van der Waals surface area (Å²) in [7, 11) is 0. The largest absolute Gasteiger partial charge is 0.455 e. The lowest BCUT2D eigenvalue weighted by Gasteiger charge is -2.15. The number of benzene rings is 8. The minimum absolute atomic E-state index is 0.616. The van der Waals surface area contributed by atoms with Crippen molar-refractivity contribution in [2.24, 2.45) is 0 Å². The van der Waals surface area contributed by atoms with E-state index in [1.807, 2.05) is 84.9 Å². The Labute approximate surface area is 334 Å². The predicted octanol–water partition coefficient (Wildman–Crippen LogP) is 13.7. The van der Waals surface area contributed by atoms with Gasteiger partial charge in [-0.05, 0) is 71.3 Å². The zero-order valence-electron chi connectivity index (χ0n) is 31.2. The summed E-state index contributed by atoms with van der Waals surface area (Å²) in [5, 5.41) is 14.2. The third kappa shape index (κ3) is 5.63. The Hall–Kier alpha value is -8.07. The van der Waals surface area contributed by atoms with Gasteiger partial charge in [-0.1, -0.05) is 140 Å². The third-order valence-electron chi connectivity index (χ3n) is 11.0. The summed E-state index contributed by atoms with van der Waals surface area (Å²) >= 11 is 0. The van der Waals surface area contributed by atoms with Gasteiger partial charge in [-0.25, -0.2) is 9.97 Å². The van der Waals surface area contributed by atoms with Crippen LogP contribution in [0.2, 0.25) is 0 Å². The predicted molar refractivity (Wildman–Crippen MR) is 236 cm³/mol. The fourth-order valence-electron chi connectivity index (χ4n) is 8.25. The Kier molecular flexibility index (Phi) is 7.80. The number of nitrogens with zero attached hydrogens (tertiary/aromatic N) is 4. The summed E-state index contributed by atoms with van der Waals surface area (Å²) in [4.78, 5) is 10.3. The molecule has 0 aliphatic carbocycles. The molecule has 0 bridgehead atoms. The molecule has 0 spiro atoms. The summed E-state index contributed by atoms with van der Waals surface area (Å²) in [6.07, 6.45) is 0. The molecule has 0 fully saturated rings. The molecule has 0 saturated heterocycles. The molecule has 0 unspecified atom stereocenters. The van der Waals surface area contributed by atoms with Crippen LogP contribution in [-0.2, 0) is 0 Å². The smallest absolute Gasteiger partial charge is 0.160 e. The van der Waals surface area contributed by atoms with Crippen molar-refractivity contribution in [3.05, 3.63) is 200 Å². The summed E-state index contributed by atoms with van der Waals surface area (Å²) in [6, 6.07) is 69.1. The van der Waals surface area contributed by atoms with Crippen LogP contribution in [0.4, 0.5) is 0 Å². The topological polar surface area (TPSA) is 67.6 Å². The second-order valence-electron chi connectivity index (χ2n) is 14.5. The average Bonchev–Trinajstić information content (AvgIpc) is 3.85. The second-order valence-corrected chi connectivity index (χ2v) is 14.5. The maximum atomic E-state index is 9.63. The first-order chi connectivity index (χ1) is 28.7. The molecule has 3 aromatic heterocycles. The molecule has 8 aromatic carbocycles. The second kappa shape index (κ2) is 13.6. The van der Waals surface area contributed by atoms with E-state index in [0.29, 0.717) is 11.4 Å². The molecule has 0 radical (unpaired) electrons. The lowest BCUT2D eigenvalue weighted by atomic mass is 9.98. The van der Waals surface area contributed by atoms with Crippen LogP contribution in [0.1, 0.15) is 5.56 Å². The molecule has 11 rings (SSSR count). The van der Waals surface area contributed by atoms with E-state index in [0.717, 1.165) is 99.8 Å². The van der Waals surface area contributed by atoms with Gasteiger partial charge in [-0.15, -0.1) is 0 Å². The van der Waals surface area contributed by atoms with E-state index in [2.05, 4.69) is 120 Å². The Morgan fingerprint density at radius 2 is 1.07 bits per heavy atom. The highest BCUT2D eigenvalue weighted by molar-refractivity contribution is 6.13. The number of para-hydroxylation sites is 3. The molecule has 5 heteroatoms. The number of fused-ring (bicyclic) bond motifs is 6. The summed E-state index contributed by atoms with van der Waals surface area (Å²) < 4.78 is 8.88. The van der Waals surface area contributed by atoms with Crippen LogP contribution >= 0.6 is 0 Å². The van der Waals surface area contributed by atoms with E-state index >= 15 is 0 Å². The van der Waals surface area contributed by atoms with Crippen molar-refractivity contribution < 1.29 is 4.42 Å². The molecular weight excluding hydrogens is 709 g/mol. The number of aromatic nitrogens is 3. The normalized spacial score (nSPS) is 11.4. The van der Waals surface area contributed by atoms with Crippen LogP contribution in [0.3, 0.4) is 0 Å². The zero-order valence-corrected chi connectivity index (χ0v) is 31.2. The minimum Gasteiger partial charge on any atom is -0.455 e. The molecule has 58 heavy (non-hydrogen) atoms. The van der Waals surface area contributed by atoms with Crippen LogP contribution in [0, 0.1) is 11.3 Å². The SMILES string of the molecule is N#Cc1ccc(-c2cc(-c3cc(-c4ccccc4)nc(-c4ccccc4)n3)cc(-n3c4ccccc4c4ccc(-c5cccc6c5oc5ccccc56)cc43)c2)cc1. The lowest BCUT2D eigenvalue weighted by molar-refractivity contribution is 0.670. The van der Waals surface area contributed by atoms with E-state index in [9.17, 15) is 5.26 Å². The van der Waals surface area contributed by atoms with E-state index in [-0.39, 0.29) is 0 Å². The van der Waals surface area contributed by atoms with Crippen LogP contribution < -0.4 is 0 Å². The van der Waals surface area contributed by atoms with Crippen molar-refractivity contribution in [2.45, 2.75) is 0 Å². The van der Waals surface area contributed by atoms with Crippen molar-refractivity contribution in [3.63, 3.8) is 0 Å². The van der Waals surface area contributed by atoms with Gasteiger partial charge in [-0.3, -0.25) is 0 Å². The standard InChI is InChI=1S/C53H32N4O/c54-33-34-22-24-35(25-23-34)39-28-40(48-32-47(36-12-3-1-4-13-36)55-53(56-48)37-14-5-2-6-15-37)30-41(29-39)57-49-20-9-7-16-43(49)44-27-26-38(31-50(44)57)42-18-11-19-46-45-17-8-10-21-51(45)58-52(42)46/h1-32H. The summed E-state index contributed by atoms with van der Waals surface area (Å²) in [5.74, 6) is 0.656. The molecule has 0 amide bonds. The van der Waals surface area contributed by atoms with Crippen molar-refractivity contribution in [1.29, 1.82) is 5.26 Å². The van der Waals surface area contributed by atoms with Gasteiger partial charge in [0.2, 0.25) is 0 Å². The van der Waals surface area contributed by atoms with Gasteiger partial charge in [-0.2, -0.15) is 5.26 Å². The van der Waals surface area contributed by atoms with Crippen molar-refractivity contribution in [1.82, 2.24) is 14.5 Å². The Balaban J connectivity index is 1.17. The van der Waals surface area contributed by atoms with E-state index < -0.39 is 0 Å². The molecule has 0 N–H and O–H groups in total. The van der Waals surface area contributed by atoms with E-state index in [4.69, 9.17) is 14.4 Å². The number of furan rings is 1. The van der Waals surface area contributed by atoms with E-state index in [1.165, 1.54) is 0 Å². The molecular formula is C53H32N4O. The molecule has 0 atom stereocenters. The summed E-state index contributed by atoms with van der Waals surface area (Å²) in [6.45, 7) is 0. The number of rotatable bonds is 6. The van der Waals surface area contributed by atoms with Gasteiger partial charge in [0.25, 0.3) is 0 Å². The first-order valence-electron chi connectivity index (χ1n) is 19.3. The fourth-order valence-corrected chi connectivity index (χ4v) is 8.25. The first kappa shape index (κ1) is 33.3. The lowest BCUT2D eigenvalue weighted by Crippen LogP contribution is -1.99. The van der Waals surface area contributed by atoms with Gasteiger partial charge < -0.3 is 8.98 Å². The monoisotopic (exact) mass is 740 g/mol. The van der Waals surface area contributed by atoms with Crippen LogP contribution in [-0.4, -0.2) is 14.5 Å². The minimum atomic E-state index is 0.616. The average molecular weight is 741 g/mol. The fraction of sp³-hybridized carbons (Fsp3) is 0. The Bertz CT molecular complexity index is 3330. The van der Waals surface area contributed by atoms with Gasteiger partial charge >= 0.3 is 0 Å². The number of hydrogen-bond donors (Lipinski definition) is 0.